The maximum absolute atomic E-state index is 13.4. The van der Waals surface area contributed by atoms with Crippen LogP contribution in [0.2, 0.25) is 0 Å². The second kappa shape index (κ2) is 11.6. The Kier molecular flexibility index (Phi) is 7.62. The highest BCUT2D eigenvalue weighted by Gasteiger charge is 2.43. The molecule has 6 rings (SSSR count). The fourth-order valence-electron chi connectivity index (χ4n) is 4.78. The number of thioether (sulfide) groups is 1. The number of carbonyl (C=O) groups is 3. The molecule has 3 aromatic rings. The van der Waals surface area contributed by atoms with Crippen LogP contribution in [0.15, 0.2) is 76.7 Å². The van der Waals surface area contributed by atoms with E-state index in [0.717, 1.165) is 5.56 Å². The third kappa shape index (κ3) is 5.57. The summed E-state index contributed by atoms with van der Waals surface area (Å²) in [6, 6.07) is 17.4. The Bertz CT molecular complexity index is 1630. The van der Waals surface area contributed by atoms with Crippen molar-refractivity contribution < 1.29 is 28.2 Å². The monoisotopic (exact) mass is 587 g/mol. The zero-order chi connectivity index (χ0) is 29.2. The van der Waals surface area contributed by atoms with Gasteiger partial charge in [0.1, 0.15) is 17.7 Å². The second-order valence-corrected chi connectivity index (χ2v) is 10.9. The van der Waals surface area contributed by atoms with E-state index in [1.54, 1.807) is 35.2 Å². The van der Waals surface area contributed by atoms with E-state index in [1.165, 1.54) is 23.9 Å². The van der Waals surface area contributed by atoms with Crippen molar-refractivity contribution in [2.45, 2.75) is 37.6 Å². The van der Waals surface area contributed by atoms with Crippen molar-refractivity contribution in [2.24, 2.45) is 9.98 Å². The number of amides is 3. The van der Waals surface area contributed by atoms with E-state index in [2.05, 4.69) is 15.6 Å². The largest absolute Gasteiger partial charge is 0.454 e. The van der Waals surface area contributed by atoms with E-state index in [-0.39, 0.29) is 37.4 Å². The first-order valence-corrected chi connectivity index (χ1v) is 14.3. The summed E-state index contributed by atoms with van der Waals surface area (Å²) in [5.74, 6) is 0.114. The highest BCUT2D eigenvalue weighted by Crippen LogP contribution is 2.37. The zero-order valence-electron chi connectivity index (χ0n) is 22.5. The number of hydrogen-bond acceptors (Lipinski definition) is 8. The van der Waals surface area contributed by atoms with E-state index in [0.29, 0.717) is 45.9 Å². The summed E-state index contributed by atoms with van der Waals surface area (Å²) < 4.78 is 24.0. The Balaban J connectivity index is 1.20. The molecule has 42 heavy (non-hydrogen) atoms. The van der Waals surface area contributed by atoms with Gasteiger partial charge in [-0.3, -0.25) is 19.3 Å². The lowest BCUT2D eigenvalue weighted by Gasteiger charge is -2.32. The number of fused-ring (bicyclic) bond motifs is 4. The van der Waals surface area contributed by atoms with Gasteiger partial charge in [-0.25, -0.2) is 9.38 Å². The summed E-state index contributed by atoms with van der Waals surface area (Å²) >= 11 is 1.21. The molecule has 0 aliphatic carbocycles. The molecule has 0 fully saturated rings. The van der Waals surface area contributed by atoms with Crippen LogP contribution in [0.25, 0.3) is 0 Å². The fourth-order valence-corrected chi connectivity index (χ4v) is 5.85. The van der Waals surface area contributed by atoms with Crippen LogP contribution in [-0.2, 0) is 20.9 Å². The van der Waals surface area contributed by atoms with Crippen LogP contribution in [0, 0.1) is 5.82 Å². The molecule has 3 amide bonds. The lowest BCUT2D eigenvalue weighted by Crippen LogP contribution is -2.46. The van der Waals surface area contributed by atoms with Gasteiger partial charge in [0.25, 0.3) is 5.91 Å². The molecule has 0 aromatic heterocycles. The van der Waals surface area contributed by atoms with E-state index in [9.17, 15) is 18.8 Å². The Labute approximate surface area is 245 Å². The molecular weight excluding hydrogens is 561 g/mol. The number of aliphatic imine (C=N–C) groups is 2. The number of nitrogens with one attached hydrogen (secondary N) is 2. The van der Waals surface area contributed by atoms with E-state index >= 15 is 0 Å². The van der Waals surface area contributed by atoms with Crippen molar-refractivity contribution in [3.05, 3.63) is 83.7 Å². The highest BCUT2D eigenvalue weighted by molar-refractivity contribution is 8.15. The summed E-state index contributed by atoms with van der Waals surface area (Å²) in [5.41, 5.74) is 2.58. The number of hydrogen-bond donors (Lipinski definition) is 2. The minimum absolute atomic E-state index is 0.130. The van der Waals surface area contributed by atoms with Gasteiger partial charge in [0, 0.05) is 23.9 Å². The predicted molar refractivity (Wildman–Crippen MR) is 156 cm³/mol. The van der Waals surface area contributed by atoms with Gasteiger partial charge in [-0.1, -0.05) is 43.0 Å². The fraction of sp³-hybridized carbons (Fsp3) is 0.233. The van der Waals surface area contributed by atoms with Crippen LogP contribution in [0.4, 0.5) is 15.8 Å². The van der Waals surface area contributed by atoms with Gasteiger partial charge in [0.2, 0.25) is 18.6 Å². The maximum atomic E-state index is 13.4. The van der Waals surface area contributed by atoms with Gasteiger partial charge in [-0.15, -0.1) is 0 Å². The molecule has 0 bridgehead atoms. The van der Waals surface area contributed by atoms with E-state index in [4.69, 9.17) is 14.5 Å². The van der Waals surface area contributed by atoms with Gasteiger partial charge in [-0.2, -0.15) is 4.99 Å². The Morgan fingerprint density at radius 1 is 1.07 bits per heavy atom. The molecule has 2 N–H and O–H groups in total. The number of benzene rings is 3. The van der Waals surface area contributed by atoms with Crippen molar-refractivity contribution in [1.29, 1.82) is 0 Å². The normalized spacial score (nSPS) is 17.1. The number of carbonyl (C=O) groups excluding carboxylic acids is 3. The second-order valence-electron chi connectivity index (χ2n) is 9.75. The van der Waals surface area contributed by atoms with Gasteiger partial charge in [0.05, 0.1) is 17.4 Å². The first kappa shape index (κ1) is 27.5. The smallest absolute Gasteiger partial charge is 0.271 e. The lowest BCUT2D eigenvalue weighted by molar-refractivity contribution is -0.126. The number of anilines is 1. The summed E-state index contributed by atoms with van der Waals surface area (Å²) in [7, 11) is 0. The quantitative estimate of drug-likeness (QED) is 0.402. The molecule has 214 valence electrons. The number of para-hydroxylation sites is 1. The van der Waals surface area contributed by atoms with Crippen LogP contribution in [-0.4, -0.2) is 51.7 Å². The predicted octanol–water partition coefficient (Wildman–Crippen LogP) is 4.37. The van der Waals surface area contributed by atoms with Crippen LogP contribution in [0.3, 0.4) is 0 Å². The summed E-state index contributed by atoms with van der Waals surface area (Å²) in [4.78, 5) is 50.2. The third-order valence-electron chi connectivity index (χ3n) is 6.94. The molecule has 2 unspecified atom stereocenters. The average Bonchev–Trinajstić information content (AvgIpc) is 3.59. The van der Waals surface area contributed by atoms with Crippen molar-refractivity contribution in [3.63, 3.8) is 0 Å². The molecule has 0 spiro atoms. The van der Waals surface area contributed by atoms with Crippen molar-refractivity contribution in [3.8, 4) is 11.5 Å². The zero-order valence-corrected chi connectivity index (χ0v) is 23.3. The summed E-state index contributed by atoms with van der Waals surface area (Å²) in [6.45, 7) is 2.20. The summed E-state index contributed by atoms with van der Waals surface area (Å²) in [5, 5.41) is 5.55. The minimum Gasteiger partial charge on any atom is -0.454 e. The van der Waals surface area contributed by atoms with Crippen LogP contribution < -0.4 is 20.1 Å². The van der Waals surface area contributed by atoms with Crippen molar-refractivity contribution in [2.75, 3.05) is 12.1 Å². The maximum Gasteiger partial charge on any atom is 0.271 e. The number of amidine groups is 2. The molecular formula is C30H26FN5O5S. The van der Waals surface area contributed by atoms with E-state index in [1.807, 2.05) is 31.2 Å². The highest BCUT2D eigenvalue weighted by atomic mass is 32.2. The van der Waals surface area contributed by atoms with Gasteiger partial charge >= 0.3 is 0 Å². The summed E-state index contributed by atoms with van der Waals surface area (Å²) in [6.07, 6.45) is 0.299. The average molecular weight is 588 g/mol. The topological polar surface area (TPSA) is 122 Å². The first-order chi connectivity index (χ1) is 20.4. The number of nitrogens with zero attached hydrogens (tertiary/aromatic N) is 3. The number of ether oxygens (including phenoxy) is 2. The molecule has 0 saturated carbocycles. The molecule has 3 aliphatic heterocycles. The molecule has 0 radical (unpaired) electrons. The lowest BCUT2D eigenvalue weighted by atomic mass is 10.1. The molecule has 2 atom stereocenters. The minimum atomic E-state index is -0.928. The van der Waals surface area contributed by atoms with Crippen LogP contribution in [0.5, 0.6) is 11.5 Å². The van der Waals surface area contributed by atoms with Gasteiger partial charge in [0.15, 0.2) is 16.7 Å². The molecule has 0 saturated heterocycles. The van der Waals surface area contributed by atoms with Crippen LogP contribution in [0.1, 0.15) is 30.9 Å². The first-order valence-electron chi connectivity index (χ1n) is 13.4. The van der Waals surface area contributed by atoms with Crippen LogP contribution >= 0.6 is 11.8 Å². The standard InChI is InChI=1S/C30H26FN5O5S/c1-2-25(29(39)33-19-11-12-23-24(13-19)41-16-40-23)42-30-34-21-6-4-3-5-20(21)27-35-28(38)22(36(27)30)14-26(37)32-15-17-7-9-18(31)10-8-17/h3-13,22,25H,2,14-16H2,1H3,(H,32,37)(H,33,39). The Morgan fingerprint density at radius 3 is 2.67 bits per heavy atom. The van der Waals surface area contributed by atoms with E-state index < -0.39 is 17.2 Å². The molecule has 12 heteroatoms. The van der Waals surface area contributed by atoms with Gasteiger partial charge < -0.3 is 20.1 Å². The van der Waals surface area contributed by atoms with Crippen molar-refractivity contribution in [1.82, 2.24) is 10.2 Å². The Morgan fingerprint density at radius 2 is 1.86 bits per heavy atom. The van der Waals surface area contributed by atoms with Crippen molar-refractivity contribution >= 4 is 51.9 Å². The third-order valence-corrected chi connectivity index (χ3v) is 8.27. The molecule has 3 aromatic carbocycles. The molecule has 10 nitrogen and oxygen atoms in total. The molecule has 3 heterocycles. The Hall–Kier alpha value is -4.71. The number of halogens is 1. The molecule has 3 aliphatic rings. The number of rotatable bonds is 8. The van der Waals surface area contributed by atoms with Gasteiger partial charge in [-0.05, 0) is 48.4 Å². The SMILES string of the molecule is CCC(SC1=Nc2ccccc2C2=NC(=O)C(CC(=O)NCc3ccc(F)cc3)N12)C(=O)Nc1ccc2c(c1)OCO2.